The summed E-state index contributed by atoms with van der Waals surface area (Å²) < 4.78 is 4.44. The summed E-state index contributed by atoms with van der Waals surface area (Å²) in [4.78, 5) is 38.6. The third kappa shape index (κ3) is 4.30. The smallest absolute Gasteiger partial charge is 0.326 e. The summed E-state index contributed by atoms with van der Waals surface area (Å²) in [5.74, 6) is -2.21. The predicted octanol–water partition coefficient (Wildman–Crippen LogP) is 0.896. The van der Waals surface area contributed by atoms with Gasteiger partial charge in [-0.05, 0) is 20.3 Å². The van der Waals surface area contributed by atoms with Crippen molar-refractivity contribution in [3.05, 3.63) is 15.6 Å². The first-order chi connectivity index (χ1) is 9.35. The number of nitrogens with one attached hydrogen (secondary N) is 1. The Hall–Kier alpha value is -1.96. The number of ether oxygens (including phenoxy) is 1. The Kier molecular flexibility index (Phi) is 5.63. The number of hydrogen-bond donors (Lipinski definition) is 2. The minimum atomic E-state index is -1.19. The van der Waals surface area contributed by atoms with Crippen LogP contribution in [0.5, 0.6) is 0 Å². The van der Waals surface area contributed by atoms with E-state index in [0.717, 1.165) is 5.01 Å². The van der Waals surface area contributed by atoms with Crippen molar-refractivity contribution in [2.75, 3.05) is 7.11 Å². The number of hydrogen-bond acceptors (Lipinski definition) is 6. The molecule has 0 spiro atoms. The largest absolute Gasteiger partial charge is 0.480 e. The van der Waals surface area contributed by atoms with Crippen LogP contribution in [0.25, 0.3) is 0 Å². The fraction of sp³-hybridized carbons (Fsp3) is 0.500. The van der Waals surface area contributed by atoms with Gasteiger partial charge in [0.1, 0.15) is 10.9 Å². The van der Waals surface area contributed by atoms with Gasteiger partial charge in [0.05, 0.1) is 17.8 Å². The first kappa shape index (κ1) is 16.1. The van der Waals surface area contributed by atoms with Gasteiger partial charge >= 0.3 is 11.9 Å². The second-order valence-electron chi connectivity index (χ2n) is 4.13. The highest BCUT2D eigenvalue weighted by Crippen LogP contribution is 2.17. The van der Waals surface area contributed by atoms with E-state index < -0.39 is 23.9 Å². The number of rotatable bonds is 6. The second kappa shape index (κ2) is 6.99. The Morgan fingerprint density at radius 1 is 1.40 bits per heavy atom. The molecule has 1 unspecified atom stereocenters. The number of carbonyl (C=O) groups is 3. The van der Waals surface area contributed by atoms with Crippen LogP contribution in [0.2, 0.25) is 0 Å². The van der Waals surface area contributed by atoms with Gasteiger partial charge in [0.25, 0.3) is 5.91 Å². The summed E-state index contributed by atoms with van der Waals surface area (Å²) in [5.41, 5.74) is 0.558. The fourth-order valence-electron chi connectivity index (χ4n) is 1.59. The number of esters is 1. The van der Waals surface area contributed by atoms with E-state index in [1.807, 2.05) is 0 Å². The lowest BCUT2D eigenvalue weighted by atomic mass is 10.1. The topological polar surface area (TPSA) is 106 Å². The SMILES string of the molecule is COC(=O)CCC(NC(=O)c1sc(C)nc1C)C(=O)O. The number of carbonyl (C=O) groups excluding carboxylic acids is 2. The zero-order valence-corrected chi connectivity index (χ0v) is 12.2. The van der Waals surface area contributed by atoms with E-state index >= 15 is 0 Å². The molecule has 0 aliphatic rings. The molecule has 1 aromatic rings. The zero-order valence-electron chi connectivity index (χ0n) is 11.4. The molecular weight excluding hydrogens is 284 g/mol. The predicted molar refractivity (Wildman–Crippen MR) is 71.7 cm³/mol. The van der Waals surface area contributed by atoms with E-state index in [9.17, 15) is 14.4 Å². The Labute approximate surface area is 120 Å². The van der Waals surface area contributed by atoms with Gasteiger partial charge in [0.2, 0.25) is 0 Å². The van der Waals surface area contributed by atoms with Crippen molar-refractivity contribution >= 4 is 29.2 Å². The van der Waals surface area contributed by atoms with E-state index in [2.05, 4.69) is 15.0 Å². The molecule has 110 valence electrons. The lowest BCUT2D eigenvalue weighted by molar-refractivity contribution is -0.142. The van der Waals surface area contributed by atoms with Crippen LogP contribution in [0.15, 0.2) is 0 Å². The highest BCUT2D eigenvalue weighted by molar-refractivity contribution is 7.13. The van der Waals surface area contributed by atoms with Crippen molar-refractivity contribution in [1.82, 2.24) is 10.3 Å². The molecule has 2 N–H and O–H groups in total. The maximum absolute atomic E-state index is 12.0. The van der Waals surface area contributed by atoms with Crippen LogP contribution in [0.3, 0.4) is 0 Å². The summed E-state index contributed by atoms with van der Waals surface area (Å²) >= 11 is 1.20. The molecule has 0 aliphatic carbocycles. The molecule has 1 aromatic heterocycles. The number of aromatic nitrogens is 1. The van der Waals surface area contributed by atoms with Crippen LogP contribution in [-0.4, -0.2) is 41.1 Å². The van der Waals surface area contributed by atoms with Crippen LogP contribution in [-0.2, 0) is 14.3 Å². The monoisotopic (exact) mass is 300 g/mol. The van der Waals surface area contributed by atoms with Gasteiger partial charge in [-0.15, -0.1) is 11.3 Å². The molecule has 20 heavy (non-hydrogen) atoms. The van der Waals surface area contributed by atoms with E-state index in [1.54, 1.807) is 13.8 Å². The van der Waals surface area contributed by atoms with E-state index in [0.29, 0.717) is 10.6 Å². The van der Waals surface area contributed by atoms with Crippen molar-refractivity contribution in [1.29, 1.82) is 0 Å². The molecular formula is C12H16N2O5S. The molecule has 1 amide bonds. The minimum absolute atomic E-state index is 0.0232. The molecule has 1 atom stereocenters. The average Bonchev–Trinajstić information content (AvgIpc) is 2.72. The van der Waals surface area contributed by atoms with Crippen LogP contribution in [0.1, 0.15) is 33.2 Å². The minimum Gasteiger partial charge on any atom is -0.480 e. The van der Waals surface area contributed by atoms with Gasteiger partial charge in [-0.1, -0.05) is 0 Å². The molecule has 0 aliphatic heterocycles. The molecule has 0 aromatic carbocycles. The highest BCUT2D eigenvalue weighted by atomic mass is 32.1. The molecule has 0 fully saturated rings. The standard InChI is InChI=1S/C12H16N2O5S/c1-6-10(20-7(2)13-6)11(16)14-8(12(17)18)4-5-9(15)19-3/h8H,4-5H2,1-3H3,(H,14,16)(H,17,18). The quantitative estimate of drug-likeness (QED) is 0.756. The molecule has 0 radical (unpaired) electrons. The number of amides is 1. The van der Waals surface area contributed by atoms with E-state index in [1.165, 1.54) is 18.4 Å². The fourth-order valence-corrected chi connectivity index (χ4v) is 2.41. The summed E-state index contributed by atoms with van der Waals surface area (Å²) in [6, 6.07) is -1.14. The van der Waals surface area contributed by atoms with Crippen LogP contribution >= 0.6 is 11.3 Å². The summed E-state index contributed by atoms with van der Waals surface area (Å²) in [6.45, 7) is 3.45. The first-order valence-corrected chi connectivity index (χ1v) is 6.71. The molecule has 1 heterocycles. The summed E-state index contributed by atoms with van der Waals surface area (Å²) in [5, 5.41) is 12.2. The Balaban J connectivity index is 2.70. The molecule has 1 rings (SSSR count). The maximum Gasteiger partial charge on any atom is 0.326 e. The zero-order chi connectivity index (χ0) is 15.3. The maximum atomic E-state index is 12.0. The summed E-state index contributed by atoms with van der Waals surface area (Å²) in [7, 11) is 1.22. The number of nitrogens with zero attached hydrogens (tertiary/aromatic N) is 1. The number of carboxylic acids is 1. The molecule has 0 saturated carbocycles. The van der Waals surface area contributed by atoms with Gasteiger partial charge in [0.15, 0.2) is 0 Å². The first-order valence-electron chi connectivity index (χ1n) is 5.89. The lowest BCUT2D eigenvalue weighted by Crippen LogP contribution is -2.41. The van der Waals surface area contributed by atoms with Gasteiger partial charge < -0.3 is 15.2 Å². The van der Waals surface area contributed by atoms with Crippen LogP contribution in [0.4, 0.5) is 0 Å². The third-order valence-electron chi connectivity index (χ3n) is 2.58. The molecule has 7 nitrogen and oxygen atoms in total. The Morgan fingerprint density at radius 3 is 2.50 bits per heavy atom. The highest BCUT2D eigenvalue weighted by Gasteiger charge is 2.23. The van der Waals surface area contributed by atoms with Gasteiger partial charge in [-0.25, -0.2) is 9.78 Å². The van der Waals surface area contributed by atoms with Crippen LogP contribution < -0.4 is 5.32 Å². The third-order valence-corrected chi connectivity index (χ3v) is 3.65. The molecule has 8 heteroatoms. The van der Waals surface area contributed by atoms with E-state index in [-0.39, 0.29) is 12.8 Å². The van der Waals surface area contributed by atoms with Crippen molar-refractivity contribution < 1.29 is 24.2 Å². The van der Waals surface area contributed by atoms with Crippen molar-refractivity contribution in [3.8, 4) is 0 Å². The Morgan fingerprint density at radius 2 is 2.05 bits per heavy atom. The van der Waals surface area contributed by atoms with E-state index in [4.69, 9.17) is 5.11 Å². The van der Waals surface area contributed by atoms with Gasteiger partial charge in [0, 0.05) is 6.42 Å². The van der Waals surface area contributed by atoms with Gasteiger partial charge in [-0.2, -0.15) is 0 Å². The average molecular weight is 300 g/mol. The number of methoxy groups -OCH3 is 1. The number of carboxylic acid groups (broad SMARTS) is 1. The number of thiazole rings is 1. The normalized spacial score (nSPS) is 11.8. The molecule has 0 saturated heterocycles. The number of aliphatic carboxylic acids is 1. The lowest BCUT2D eigenvalue weighted by Gasteiger charge is -2.13. The Bertz CT molecular complexity index is 526. The second-order valence-corrected chi connectivity index (χ2v) is 5.33. The van der Waals surface area contributed by atoms with Crippen LogP contribution in [0, 0.1) is 13.8 Å². The van der Waals surface area contributed by atoms with Crippen molar-refractivity contribution in [3.63, 3.8) is 0 Å². The van der Waals surface area contributed by atoms with Crippen molar-refractivity contribution in [2.45, 2.75) is 32.7 Å². The number of aryl methyl sites for hydroxylation is 2. The molecule has 0 bridgehead atoms. The summed E-state index contributed by atoms with van der Waals surface area (Å²) in [6.07, 6.45) is -0.0982. The van der Waals surface area contributed by atoms with Gasteiger partial charge in [-0.3, -0.25) is 9.59 Å². The van der Waals surface area contributed by atoms with Crippen molar-refractivity contribution in [2.24, 2.45) is 0 Å².